The minimum atomic E-state index is -0.571. The molecule has 0 amide bonds. The lowest BCUT2D eigenvalue weighted by molar-refractivity contribution is 0.120. The van der Waals surface area contributed by atoms with Crippen LogP contribution in [0.3, 0.4) is 0 Å². The predicted molar refractivity (Wildman–Crippen MR) is 73.7 cm³/mol. The SMILES string of the molecule is Cc1cc(-c2noc(C(C(C)C)C(C)O)n2)ccc1F. The molecule has 0 saturated carbocycles. The first kappa shape index (κ1) is 14.7. The Bertz CT molecular complexity index is 585. The van der Waals surface area contributed by atoms with E-state index in [1.165, 1.54) is 6.07 Å². The Hall–Kier alpha value is -1.75. The average molecular weight is 278 g/mol. The summed E-state index contributed by atoms with van der Waals surface area (Å²) in [5.41, 5.74) is 1.23. The summed E-state index contributed by atoms with van der Waals surface area (Å²) in [5.74, 6) is 0.527. The second-order valence-corrected chi connectivity index (χ2v) is 5.43. The summed E-state index contributed by atoms with van der Waals surface area (Å²) in [5, 5.41) is 13.7. The minimum absolute atomic E-state index is 0.179. The van der Waals surface area contributed by atoms with Crippen molar-refractivity contribution in [3.05, 3.63) is 35.5 Å². The molecule has 1 aromatic heterocycles. The fourth-order valence-electron chi connectivity index (χ4n) is 2.32. The third kappa shape index (κ3) is 2.88. The lowest BCUT2D eigenvalue weighted by Crippen LogP contribution is -2.20. The van der Waals surface area contributed by atoms with Crippen LogP contribution in [0.1, 0.15) is 38.1 Å². The van der Waals surface area contributed by atoms with Gasteiger partial charge in [-0.25, -0.2) is 4.39 Å². The molecule has 5 heteroatoms. The number of hydrogen-bond acceptors (Lipinski definition) is 4. The molecule has 2 aromatic rings. The van der Waals surface area contributed by atoms with Crippen molar-refractivity contribution in [3.63, 3.8) is 0 Å². The molecule has 0 aliphatic heterocycles. The molecule has 0 bridgehead atoms. The minimum Gasteiger partial charge on any atom is -0.393 e. The summed E-state index contributed by atoms with van der Waals surface area (Å²) < 4.78 is 18.5. The summed E-state index contributed by atoms with van der Waals surface area (Å²) in [6, 6.07) is 4.68. The zero-order chi connectivity index (χ0) is 14.9. The monoisotopic (exact) mass is 278 g/mol. The Morgan fingerprint density at radius 2 is 1.95 bits per heavy atom. The number of rotatable bonds is 4. The van der Waals surface area contributed by atoms with Crippen LogP contribution in [-0.2, 0) is 0 Å². The van der Waals surface area contributed by atoms with Gasteiger partial charge in [-0.3, -0.25) is 0 Å². The molecule has 1 heterocycles. The summed E-state index contributed by atoms with van der Waals surface area (Å²) in [4.78, 5) is 4.33. The van der Waals surface area contributed by atoms with Gasteiger partial charge in [0.2, 0.25) is 11.7 Å². The molecule has 0 spiro atoms. The van der Waals surface area contributed by atoms with Gasteiger partial charge in [0.1, 0.15) is 5.82 Å². The van der Waals surface area contributed by atoms with E-state index in [0.717, 1.165) is 0 Å². The average Bonchev–Trinajstić information content (AvgIpc) is 2.81. The molecular formula is C15H19FN2O2. The Balaban J connectivity index is 2.34. The largest absolute Gasteiger partial charge is 0.393 e. The maximum atomic E-state index is 13.3. The van der Waals surface area contributed by atoms with E-state index in [0.29, 0.717) is 22.8 Å². The number of aliphatic hydroxyl groups excluding tert-OH is 1. The number of aryl methyl sites for hydroxylation is 1. The molecule has 4 nitrogen and oxygen atoms in total. The summed E-state index contributed by atoms with van der Waals surface area (Å²) in [6.07, 6.45) is -0.571. The van der Waals surface area contributed by atoms with Gasteiger partial charge in [0.25, 0.3) is 0 Å². The molecule has 2 rings (SSSR count). The molecule has 2 unspecified atom stereocenters. The quantitative estimate of drug-likeness (QED) is 0.932. The van der Waals surface area contributed by atoms with Crippen molar-refractivity contribution in [2.24, 2.45) is 5.92 Å². The van der Waals surface area contributed by atoms with Gasteiger partial charge in [0.15, 0.2) is 0 Å². The van der Waals surface area contributed by atoms with Crippen molar-refractivity contribution < 1.29 is 14.0 Å². The van der Waals surface area contributed by atoms with Crippen LogP contribution in [0.25, 0.3) is 11.4 Å². The first-order valence-electron chi connectivity index (χ1n) is 6.68. The van der Waals surface area contributed by atoms with E-state index >= 15 is 0 Å². The van der Waals surface area contributed by atoms with Crippen LogP contribution in [0.15, 0.2) is 22.7 Å². The van der Waals surface area contributed by atoms with E-state index in [2.05, 4.69) is 10.1 Å². The number of aliphatic hydroxyl groups is 1. The highest BCUT2D eigenvalue weighted by molar-refractivity contribution is 5.55. The Labute approximate surface area is 117 Å². The van der Waals surface area contributed by atoms with Crippen LogP contribution in [0, 0.1) is 18.7 Å². The van der Waals surface area contributed by atoms with Crippen molar-refractivity contribution in [2.75, 3.05) is 0 Å². The Kier molecular flexibility index (Phi) is 4.18. The van der Waals surface area contributed by atoms with E-state index in [1.54, 1.807) is 26.0 Å². The van der Waals surface area contributed by atoms with Gasteiger partial charge in [0.05, 0.1) is 12.0 Å². The highest BCUT2D eigenvalue weighted by Gasteiger charge is 2.27. The maximum absolute atomic E-state index is 13.3. The number of aromatic nitrogens is 2. The zero-order valence-electron chi connectivity index (χ0n) is 12.1. The van der Waals surface area contributed by atoms with Crippen molar-refractivity contribution in [1.82, 2.24) is 10.1 Å². The van der Waals surface area contributed by atoms with Crippen LogP contribution in [0.5, 0.6) is 0 Å². The maximum Gasteiger partial charge on any atom is 0.232 e. The molecule has 0 aliphatic rings. The van der Waals surface area contributed by atoms with Crippen LogP contribution >= 0.6 is 0 Å². The van der Waals surface area contributed by atoms with Crippen LogP contribution in [-0.4, -0.2) is 21.4 Å². The van der Waals surface area contributed by atoms with Gasteiger partial charge >= 0.3 is 0 Å². The van der Waals surface area contributed by atoms with E-state index in [-0.39, 0.29) is 17.7 Å². The molecule has 0 fully saturated rings. The van der Waals surface area contributed by atoms with Crippen molar-refractivity contribution in [1.29, 1.82) is 0 Å². The molecule has 1 N–H and O–H groups in total. The second kappa shape index (κ2) is 5.71. The highest BCUT2D eigenvalue weighted by atomic mass is 19.1. The van der Waals surface area contributed by atoms with Gasteiger partial charge < -0.3 is 9.63 Å². The number of hydrogen-bond donors (Lipinski definition) is 1. The fraction of sp³-hybridized carbons (Fsp3) is 0.467. The molecule has 20 heavy (non-hydrogen) atoms. The predicted octanol–water partition coefficient (Wildman–Crippen LogP) is 3.30. The van der Waals surface area contributed by atoms with Crippen LogP contribution in [0.2, 0.25) is 0 Å². The number of halogens is 1. The third-order valence-electron chi connectivity index (χ3n) is 3.38. The van der Waals surface area contributed by atoms with Gasteiger partial charge in [-0.15, -0.1) is 0 Å². The van der Waals surface area contributed by atoms with Gasteiger partial charge in [-0.2, -0.15) is 4.98 Å². The van der Waals surface area contributed by atoms with E-state index in [4.69, 9.17) is 4.52 Å². The van der Waals surface area contributed by atoms with E-state index < -0.39 is 6.10 Å². The van der Waals surface area contributed by atoms with Gasteiger partial charge in [-0.1, -0.05) is 19.0 Å². The first-order valence-corrected chi connectivity index (χ1v) is 6.68. The van der Waals surface area contributed by atoms with Crippen LogP contribution < -0.4 is 0 Å². The smallest absolute Gasteiger partial charge is 0.232 e. The van der Waals surface area contributed by atoms with Crippen molar-refractivity contribution >= 4 is 0 Å². The summed E-state index contributed by atoms with van der Waals surface area (Å²) in [6.45, 7) is 7.37. The first-order chi connectivity index (χ1) is 9.40. The third-order valence-corrected chi connectivity index (χ3v) is 3.38. The van der Waals surface area contributed by atoms with E-state index in [9.17, 15) is 9.50 Å². The highest BCUT2D eigenvalue weighted by Crippen LogP contribution is 2.28. The van der Waals surface area contributed by atoms with Crippen molar-refractivity contribution in [2.45, 2.75) is 39.7 Å². The van der Waals surface area contributed by atoms with E-state index in [1.807, 2.05) is 13.8 Å². The standard InChI is InChI=1S/C15H19FN2O2/c1-8(2)13(10(4)19)15-17-14(18-20-15)11-5-6-12(16)9(3)7-11/h5-8,10,13,19H,1-4H3. The van der Waals surface area contributed by atoms with Gasteiger partial charge in [-0.05, 0) is 43.5 Å². The number of nitrogens with zero attached hydrogens (tertiary/aromatic N) is 2. The van der Waals surface area contributed by atoms with Crippen LogP contribution in [0.4, 0.5) is 4.39 Å². The zero-order valence-corrected chi connectivity index (χ0v) is 12.1. The second-order valence-electron chi connectivity index (χ2n) is 5.43. The molecule has 108 valence electrons. The lowest BCUT2D eigenvalue weighted by atomic mass is 9.91. The summed E-state index contributed by atoms with van der Waals surface area (Å²) >= 11 is 0. The lowest BCUT2D eigenvalue weighted by Gasteiger charge is -2.19. The van der Waals surface area contributed by atoms with Gasteiger partial charge in [0, 0.05) is 5.56 Å². The Morgan fingerprint density at radius 3 is 2.50 bits per heavy atom. The molecule has 0 radical (unpaired) electrons. The molecule has 0 aliphatic carbocycles. The summed E-state index contributed by atoms with van der Waals surface area (Å²) in [7, 11) is 0. The fourth-order valence-corrected chi connectivity index (χ4v) is 2.32. The molecule has 0 saturated heterocycles. The Morgan fingerprint density at radius 1 is 1.25 bits per heavy atom. The molecule has 1 aromatic carbocycles. The molecule has 2 atom stereocenters. The number of benzene rings is 1. The topological polar surface area (TPSA) is 59.2 Å². The molecular weight excluding hydrogens is 259 g/mol. The van der Waals surface area contributed by atoms with Crippen molar-refractivity contribution in [3.8, 4) is 11.4 Å². The normalized spacial score (nSPS) is 14.6.